The zero-order chi connectivity index (χ0) is 22.1. The van der Waals surface area contributed by atoms with Crippen LogP contribution in [0.25, 0.3) is 0 Å². The largest absolute Gasteiger partial charge is 0.484 e. The van der Waals surface area contributed by atoms with Crippen LogP contribution in [-0.2, 0) is 21.2 Å². The molecule has 162 valence electrons. The highest BCUT2D eigenvalue weighted by molar-refractivity contribution is 7.92. The average molecular weight is 439 g/mol. The van der Waals surface area contributed by atoms with Gasteiger partial charge in [-0.05, 0) is 66.9 Å². The number of hydrogen-bond acceptors (Lipinski definition) is 4. The lowest BCUT2D eigenvalue weighted by atomic mass is 10.1. The minimum Gasteiger partial charge on any atom is -0.484 e. The lowest BCUT2D eigenvalue weighted by Gasteiger charge is -2.10. The SMILES string of the molecule is CCCCc1ccc(NC(=O)COc2ccc(S(=O)(=O)Nc3ccccc3)cc2)cc1. The first-order valence-corrected chi connectivity index (χ1v) is 11.6. The number of ether oxygens (including phenoxy) is 1. The van der Waals surface area contributed by atoms with Gasteiger partial charge in [-0.1, -0.05) is 43.7 Å². The van der Waals surface area contributed by atoms with Crippen molar-refractivity contribution in [1.82, 2.24) is 0 Å². The second kappa shape index (κ2) is 10.6. The first kappa shape index (κ1) is 22.4. The summed E-state index contributed by atoms with van der Waals surface area (Å²) in [4.78, 5) is 12.2. The van der Waals surface area contributed by atoms with Crippen LogP contribution in [0.4, 0.5) is 11.4 Å². The Balaban J connectivity index is 1.51. The number of anilines is 2. The van der Waals surface area contributed by atoms with Crippen LogP contribution in [0.15, 0.2) is 83.8 Å². The van der Waals surface area contributed by atoms with Gasteiger partial charge in [0, 0.05) is 11.4 Å². The predicted molar refractivity (Wildman–Crippen MR) is 123 cm³/mol. The van der Waals surface area contributed by atoms with Crippen molar-refractivity contribution < 1.29 is 17.9 Å². The summed E-state index contributed by atoms with van der Waals surface area (Å²) in [5.74, 6) is 0.118. The van der Waals surface area contributed by atoms with Crippen molar-refractivity contribution in [3.8, 4) is 5.75 Å². The Morgan fingerprint density at radius 2 is 1.55 bits per heavy atom. The molecule has 1 amide bonds. The summed E-state index contributed by atoms with van der Waals surface area (Å²) < 4.78 is 32.9. The number of para-hydroxylation sites is 1. The highest BCUT2D eigenvalue weighted by Gasteiger charge is 2.14. The van der Waals surface area contributed by atoms with Crippen LogP contribution in [0.5, 0.6) is 5.75 Å². The van der Waals surface area contributed by atoms with Crippen LogP contribution < -0.4 is 14.8 Å². The molecule has 0 bridgehead atoms. The van der Waals surface area contributed by atoms with Crippen molar-refractivity contribution in [2.45, 2.75) is 31.1 Å². The van der Waals surface area contributed by atoms with E-state index in [9.17, 15) is 13.2 Å². The van der Waals surface area contributed by atoms with Crippen molar-refractivity contribution in [2.24, 2.45) is 0 Å². The third-order valence-electron chi connectivity index (χ3n) is 4.59. The summed E-state index contributed by atoms with van der Waals surface area (Å²) in [6.45, 7) is 1.98. The molecule has 0 aliphatic carbocycles. The second-order valence-corrected chi connectivity index (χ2v) is 8.76. The lowest BCUT2D eigenvalue weighted by Crippen LogP contribution is -2.20. The van der Waals surface area contributed by atoms with E-state index in [1.54, 1.807) is 24.3 Å². The molecule has 2 N–H and O–H groups in total. The molecular formula is C24H26N2O4S. The van der Waals surface area contributed by atoms with Crippen LogP contribution in [0.3, 0.4) is 0 Å². The van der Waals surface area contributed by atoms with Gasteiger partial charge >= 0.3 is 0 Å². The number of benzene rings is 3. The van der Waals surface area contributed by atoms with Crippen LogP contribution >= 0.6 is 0 Å². The topological polar surface area (TPSA) is 84.5 Å². The Morgan fingerprint density at radius 3 is 2.19 bits per heavy atom. The van der Waals surface area contributed by atoms with Crippen molar-refractivity contribution in [1.29, 1.82) is 0 Å². The Kier molecular flexibility index (Phi) is 7.67. The van der Waals surface area contributed by atoms with Gasteiger partial charge in [-0.2, -0.15) is 0 Å². The van der Waals surface area contributed by atoms with Gasteiger partial charge in [-0.15, -0.1) is 0 Å². The monoisotopic (exact) mass is 438 g/mol. The quantitative estimate of drug-likeness (QED) is 0.474. The maximum absolute atomic E-state index is 12.4. The number of unbranched alkanes of at least 4 members (excludes halogenated alkanes) is 1. The Hall–Kier alpha value is -3.32. The fourth-order valence-electron chi connectivity index (χ4n) is 2.92. The normalized spacial score (nSPS) is 11.0. The lowest BCUT2D eigenvalue weighted by molar-refractivity contribution is -0.118. The number of aryl methyl sites for hydroxylation is 1. The molecule has 0 heterocycles. The number of carbonyl (C=O) groups is 1. The number of nitrogens with one attached hydrogen (secondary N) is 2. The van der Waals surface area contributed by atoms with E-state index in [4.69, 9.17) is 4.74 Å². The molecule has 0 saturated heterocycles. The molecule has 0 aliphatic heterocycles. The summed E-state index contributed by atoms with van der Waals surface area (Å²) in [6, 6.07) is 22.3. The molecule has 0 unspecified atom stereocenters. The second-order valence-electron chi connectivity index (χ2n) is 7.08. The Morgan fingerprint density at radius 1 is 0.871 bits per heavy atom. The summed E-state index contributed by atoms with van der Waals surface area (Å²) in [6.07, 6.45) is 3.31. The molecule has 0 radical (unpaired) electrons. The van der Waals surface area contributed by atoms with Gasteiger partial charge in [-0.3, -0.25) is 9.52 Å². The number of amides is 1. The number of hydrogen-bond donors (Lipinski definition) is 2. The van der Waals surface area contributed by atoms with E-state index in [-0.39, 0.29) is 17.4 Å². The fraction of sp³-hybridized carbons (Fsp3) is 0.208. The van der Waals surface area contributed by atoms with Gasteiger partial charge in [0.1, 0.15) is 5.75 Å². The van der Waals surface area contributed by atoms with Crippen LogP contribution in [0, 0.1) is 0 Å². The summed E-state index contributed by atoms with van der Waals surface area (Å²) >= 11 is 0. The van der Waals surface area contributed by atoms with E-state index < -0.39 is 10.0 Å². The summed E-state index contributed by atoms with van der Waals surface area (Å²) in [7, 11) is -3.70. The molecule has 7 heteroatoms. The number of rotatable bonds is 10. The summed E-state index contributed by atoms with van der Waals surface area (Å²) in [5.41, 5.74) is 2.44. The minimum absolute atomic E-state index is 0.108. The van der Waals surface area contributed by atoms with Gasteiger partial charge in [0.2, 0.25) is 0 Å². The van der Waals surface area contributed by atoms with E-state index in [1.807, 2.05) is 30.3 Å². The molecule has 3 aromatic carbocycles. The van der Waals surface area contributed by atoms with Crippen molar-refractivity contribution >= 4 is 27.3 Å². The molecule has 0 saturated carbocycles. The van der Waals surface area contributed by atoms with Gasteiger partial charge in [-0.25, -0.2) is 8.42 Å². The van der Waals surface area contributed by atoms with E-state index in [2.05, 4.69) is 17.0 Å². The number of carbonyl (C=O) groups excluding carboxylic acids is 1. The zero-order valence-corrected chi connectivity index (χ0v) is 18.2. The standard InChI is InChI=1S/C24H26N2O4S/c1-2-3-7-19-10-12-20(13-11-19)25-24(27)18-30-22-14-16-23(17-15-22)31(28,29)26-21-8-5-4-6-9-21/h4-6,8-17,26H,2-3,7,18H2,1H3,(H,25,27). The summed E-state index contributed by atoms with van der Waals surface area (Å²) in [5, 5.41) is 2.79. The maximum Gasteiger partial charge on any atom is 0.262 e. The van der Waals surface area contributed by atoms with Gasteiger partial charge in [0.15, 0.2) is 6.61 Å². The van der Waals surface area contributed by atoms with Crippen LogP contribution in [-0.4, -0.2) is 20.9 Å². The first-order valence-electron chi connectivity index (χ1n) is 10.2. The van der Waals surface area contributed by atoms with E-state index in [0.29, 0.717) is 17.1 Å². The minimum atomic E-state index is -3.70. The van der Waals surface area contributed by atoms with Gasteiger partial charge in [0.25, 0.3) is 15.9 Å². The molecule has 6 nitrogen and oxygen atoms in total. The molecule has 3 rings (SSSR count). The van der Waals surface area contributed by atoms with Crippen molar-refractivity contribution in [3.63, 3.8) is 0 Å². The molecule has 0 atom stereocenters. The average Bonchev–Trinajstić information content (AvgIpc) is 2.78. The van der Waals surface area contributed by atoms with Gasteiger partial charge in [0.05, 0.1) is 4.90 Å². The molecule has 0 fully saturated rings. The predicted octanol–water partition coefficient (Wildman–Crippen LogP) is 4.85. The third-order valence-corrected chi connectivity index (χ3v) is 5.98. The van der Waals surface area contributed by atoms with E-state index >= 15 is 0 Å². The van der Waals surface area contributed by atoms with Crippen LogP contribution in [0.1, 0.15) is 25.3 Å². The molecule has 0 aliphatic rings. The van der Waals surface area contributed by atoms with Gasteiger partial charge < -0.3 is 10.1 Å². The fourth-order valence-corrected chi connectivity index (χ4v) is 3.98. The Bertz CT molecular complexity index is 1080. The Labute approximate surface area is 183 Å². The van der Waals surface area contributed by atoms with Crippen molar-refractivity contribution in [2.75, 3.05) is 16.6 Å². The highest BCUT2D eigenvalue weighted by Crippen LogP contribution is 2.19. The molecular weight excluding hydrogens is 412 g/mol. The maximum atomic E-state index is 12.4. The van der Waals surface area contributed by atoms with Crippen LogP contribution in [0.2, 0.25) is 0 Å². The third kappa shape index (κ3) is 6.86. The number of sulfonamides is 1. The van der Waals surface area contributed by atoms with E-state index in [1.165, 1.54) is 29.8 Å². The smallest absolute Gasteiger partial charge is 0.262 e. The highest BCUT2D eigenvalue weighted by atomic mass is 32.2. The molecule has 31 heavy (non-hydrogen) atoms. The van der Waals surface area contributed by atoms with E-state index in [0.717, 1.165) is 19.3 Å². The molecule has 3 aromatic rings. The molecule has 0 aromatic heterocycles. The zero-order valence-electron chi connectivity index (χ0n) is 17.4. The van der Waals surface area contributed by atoms with Crippen molar-refractivity contribution in [3.05, 3.63) is 84.4 Å². The molecule has 0 spiro atoms. The first-order chi connectivity index (χ1) is 15.0.